The second-order valence-electron chi connectivity index (χ2n) is 16.1. The molecule has 222 valence electrons. The minimum atomic E-state index is -0.583. The molecule has 6 rings (SSSR count). The maximum atomic E-state index is 14.1. The van der Waals surface area contributed by atoms with Crippen LogP contribution < -0.4 is 0 Å². The van der Waals surface area contributed by atoms with Crippen LogP contribution in [0.3, 0.4) is 0 Å². The zero-order valence-corrected chi connectivity index (χ0v) is 28.1. The van der Waals surface area contributed by atoms with Gasteiger partial charge in [-0.15, -0.1) is 0 Å². The Hall–Kier alpha value is -1.43. The van der Waals surface area contributed by atoms with Gasteiger partial charge in [0, 0.05) is 8.99 Å². The third-order valence-corrected chi connectivity index (χ3v) is 14.9. The van der Waals surface area contributed by atoms with Crippen molar-refractivity contribution in [3.8, 4) is 0 Å². The first kappa shape index (κ1) is 29.6. The lowest BCUT2D eigenvalue weighted by Crippen LogP contribution is -2.67. The van der Waals surface area contributed by atoms with Crippen LogP contribution in [0.2, 0.25) is 0 Å². The first-order valence-corrected chi connectivity index (χ1v) is 17.1. The monoisotopic (exact) mass is 668 g/mol. The third-order valence-electron chi connectivity index (χ3n) is 14.3. The van der Waals surface area contributed by atoms with Crippen molar-refractivity contribution in [2.24, 2.45) is 56.7 Å². The van der Waals surface area contributed by atoms with E-state index < -0.39 is 11.4 Å². The average molecular weight is 669 g/mol. The summed E-state index contributed by atoms with van der Waals surface area (Å²) >= 11 is 2.35. The summed E-state index contributed by atoms with van der Waals surface area (Å²) in [5.74, 6) is 1.58. The fraction of sp³-hybridized carbons (Fsp3) is 0.676. The molecule has 1 aromatic carbocycles. The number of carboxylic acids is 1. The zero-order chi connectivity index (χ0) is 29.8. The normalized spacial score (nSPS) is 45.8. The Bertz CT molecular complexity index is 1340. The lowest BCUT2D eigenvalue weighted by Gasteiger charge is -2.72. The maximum absolute atomic E-state index is 14.1. The number of allylic oxidation sites excluding steroid dienone is 2. The number of fused-ring (bicyclic) bond motifs is 7. The largest absolute Gasteiger partial charge is 0.481 e. The Morgan fingerprint density at radius 2 is 1.71 bits per heavy atom. The minimum absolute atomic E-state index is 0.0386. The van der Waals surface area contributed by atoms with Crippen LogP contribution in [0, 0.1) is 60.2 Å². The SMILES string of the molecule is C=C(C)[C@@H]1CC[C@]2(C(=O)O)CC[C@]3(C)[C@H](CC[C@@H]4[C@@]5(C)CC(=Cc6cccc(I)c6)C(=O)C(C)(C)C5CC[C@]43C)C12. The molecular formula is C37H49IO3. The summed E-state index contributed by atoms with van der Waals surface area (Å²) in [6, 6.07) is 8.48. The number of carboxylic acid groups (broad SMARTS) is 1. The molecule has 5 saturated carbocycles. The van der Waals surface area contributed by atoms with E-state index in [-0.39, 0.29) is 27.6 Å². The van der Waals surface area contributed by atoms with Crippen LogP contribution in [0.5, 0.6) is 0 Å². The summed E-state index contributed by atoms with van der Waals surface area (Å²) in [6.45, 7) is 18.6. The van der Waals surface area contributed by atoms with Gasteiger partial charge in [0.1, 0.15) is 0 Å². The van der Waals surface area contributed by atoms with Gasteiger partial charge >= 0.3 is 5.97 Å². The molecule has 5 aliphatic rings. The highest BCUT2D eigenvalue weighted by molar-refractivity contribution is 14.1. The third kappa shape index (κ3) is 3.93. The topological polar surface area (TPSA) is 54.4 Å². The van der Waals surface area contributed by atoms with Crippen molar-refractivity contribution in [1.82, 2.24) is 0 Å². The van der Waals surface area contributed by atoms with E-state index in [1.165, 1.54) is 9.14 Å². The molecule has 0 aromatic heterocycles. The molecule has 0 heterocycles. The summed E-state index contributed by atoms with van der Waals surface area (Å²) in [5.41, 5.74) is 2.59. The van der Waals surface area contributed by atoms with Crippen LogP contribution in [0.1, 0.15) is 105 Å². The summed E-state index contributed by atoms with van der Waals surface area (Å²) in [6.07, 6.45) is 11.1. The van der Waals surface area contributed by atoms with Gasteiger partial charge in [-0.3, -0.25) is 9.59 Å². The Kier molecular flexibility index (Phi) is 6.89. The standard InChI is InChI=1S/C37H49IO3/c1-22(2)26-13-16-37(32(40)41)18-17-35(6)27(30(26)37)11-12-29-34(5)21-24(19-23-9-8-10-25(38)20-23)31(39)33(3,4)28(34)14-15-36(29,35)7/h8-10,19-20,26-30H,1,11-18,21H2,2-7H3,(H,40,41)/t26-,27+,28?,29+,30?,34-,35+,36+,37-/m0/s1. The van der Waals surface area contributed by atoms with Gasteiger partial charge in [-0.25, -0.2) is 0 Å². The molecule has 0 radical (unpaired) electrons. The number of hydrogen-bond donors (Lipinski definition) is 1. The van der Waals surface area contributed by atoms with Gasteiger partial charge in [-0.1, -0.05) is 58.9 Å². The summed E-state index contributed by atoms with van der Waals surface area (Å²) < 4.78 is 1.19. The Morgan fingerprint density at radius 1 is 0.976 bits per heavy atom. The average Bonchev–Trinajstić information content (AvgIpc) is 3.29. The van der Waals surface area contributed by atoms with Gasteiger partial charge < -0.3 is 5.11 Å². The van der Waals surface area contributed by atoms with Crippen LogP contribution in [0.4, 0.5) is 0 Å². The summed E-state index contributed by atoms with van der Waals surface area (Å²) in [7, 11) is 0. The van der Waals surface area contributed by atoms with Gasteiger partial charge in [0.2, 0.25) is 0 Å². The van der Waals surface area contributed by atoms with Crippen molar-refractivity contribution in [2.45, 2.75) is 99.3 Å². The van der Waals surface area contributed by atoms with Crippen molar-refractivity contribution in [3.05, 3.63) is 51.1 Å². The van der Waals surface area contributed by atoms with Crippen LogP contribution >= 0.6 is 22.6 Å². The molecule has 2 unspecified atom stereocenters. The first-order chi connectivity index (χ1) is 19.1. The van der Waals surface area contributed by atoms with E-state index in [1.807, 2.05) is 0 Å². The maximum Gasteiger partial charge on any atom is 0.309 e. The molecule has 9 atom stereocenters. The molecule has 0 saturated heterocycles. The second-order valence-corrected chi connectivity index (χ2v) is 17.3. The predicted molar refractivity (Wildman–Crippen MR) is 174 cm³/mol. The molecule has 3 nitrogen and oxygen atoms in total. The van der Waals surface area contributed by atoms with Crippen molar-refractivity contribution in [2.75, 3.05) is 0 Å². The number of ketones is 1. The summed E-state index contributed by atoms with van der Waals surface area (Å²) in [5, 5.41) is 10.6. The Morgan fingerprint density at radius 3 is 2.37 bits per heavy atom. The number of carbonyl (C=O) groups is 2. The molecule has 1 N–H and O–H groups in total. The Balaban J connectivity index is 1.42. The molecule has 0 bridgehead atoms. The van der Waals surface area contributed by atoms with E-state index in [1.54, 1.807) is 0 Å². The van der Waals surface area contributed by atoms with Crippen molar-refractivity contribution in [1.29, 1.82) is 0 Å². The van der Waals surface area contributed by atoms with Gasteiger partial charge in [0.05, 0.1) is 5.41 Å². The number of benzene rings is 1. The number of hydrogen-bond acceptors (Lipinski definition) is 2. The quantitative estimate of drug-likeness (QED) is 0.198. The van der Waals surface area contributed by atoms with Gasteiger partial charge in [-0.2, -0.15) is 0 Å². The molecule has 5 aliphatic carbocycles. The van der Waals surface area contributed by atoms with E-state index >= 15 is 0 Å². The lowest BCUT2D eigenvalue weighted by atomic mass is 9.32. The molecule has 41 heavy (non-hydrogen) atoms. The first-order valence-electron chi connectivity index (χ1n) is 16.0. The highest BCUT2D eigenvalue weighted by Crippen LogP contribution is 2.77. The highest BCUT2D eigenvalue weighted by Gasteiger charge is 2.72. The lowest BCUT2D eigenvalue weighted by molar-refractivity contribution is -0.231. The van der Waals surface area contributed by atoms with Crippen LogP contribution in [0.25, 0.3) is 6.08 Å². The molecule has 1 aromatic rings. The second kappa shape index (κ2) is 9.53. The van der Waals surface area contributed by atoms with Crippen LogP contribution in [-0.2, 0) is 9.59 Å². The van der Waals surface area contributed by atoms with Crippen molar-refractivity contribution >= 4 is 40.4 Å². The predicted octanol–water partition coefficient (Wildman–Crippen LogP) is 9.60. The zero-order valence-electron chi connectivity index (χ0n) is 26.0. The number of aliphatic carboxylic acids is 1. The van der Waals surface area contributed by atoms with E-state index in [2.05, 4.69) is 101 Å². The van der Waals surface area contributed by atoms with Crippen LogP contribution in [-0.4, -0.2) is 16.9 Å². The number of halogens is 1. The van der Waals surface area contributed by atoms with E-state index in [0.717, 1.165) is 68.9 Å². The molecule has 4 heteroatoms. The molecule has 0 amide bonds. The fourth-order valence-corrected chi connectivity index (χ4v) is 12.9. The molecule has 5 fully saturated rings. The minimum Gasteiger partial charge on any atom is -0.481 e. The Labute approximate surface area is 261 Å². The van der Waals surface area contributed by atoms with E-state index in [0.29, 0.717) is 29.5 Å². The summed E-state index contributed by atoms with van der Waals surface area (Å²) in [4.78, 5) is 27.0. The van der Waals surface area contributed by atoms with E-state index in [4.69, 9.17) is 0 Å². The molecule has 0 aliphatic heterocycles. The highest BCUT2D eigenvalue weighted by atomic mass is 127. The molecule has 0 spiro atoms. The van der Waals surface area contributed by atoms with E-state index in [9.17, 15) is 14.7 Å². The number of rotatable bonds is 3. The smallest absolute Gasteiger partial charge is 0.309 e. The van der Waals surface area contributed by atoms with Gasteiger partial charge in [0.15, 0.2) is 5.78 Å². The van der Waals surface area contributed by atoms with Crippen LogP contribution in [0.15, 0.2) is 42.0 Å². The van der Waals surface area contributed by atoms with Crippen molar-refractivity contribution in [3.63, 3.8) is 0 Å². The van der Waals surface area contributed by atoms with Gasteiger partial charge in [-0.05, 0) is 162 Å². The number of carbonyl (C=O) groups excluding carboxylic acids is 1. The number of Topliss-reactive ketones (excluding diaryl/α,β-unsaturated/α-hetero) is 1. The van der Waals surface area contributed by atoms with Crippen molar-refractivity contribution < 1.29 is 14.7 Å². The fourth-order valence-electron chi connectivity index (χ4n) is 12.3. The molecular weight excluding hydrogens is 619 g/mol. The van der Waals surface area contributed by atoms with Gasteiger partial charge in [0.25, 0.3) is 0 Å².